The number of hydrogen-bond donors (Lipinski definition) is 1. The number of carbonyl (C=O) groups is 1. The van der Waals surface area contributed by atoms with Crippen LogP contribution in [0.25, 0.3) is 11.1 Å². The van der Waals surface area contributed by atoms with Crippen LogP contribution >= 0.6 is 0 Å². The lowest BCUT2D eigenvalue weighted by molar-refractivity contribution is -0.122. The van der Waals surface area contributed by atoms with Gasteiger partial charge in [0, 0.05) is 25.6 Å². The minimum absolute atomic E-state index is 0.0108. The molecule has 1 aromatic heterocycles. The van der Waals surface area contributed by atoms with Crippen LogP contribution in [0.4, 0.5) is 6.01 Å². The lowest BCUT2D eigenvalue weighted by atomic mass is 10.0. The van der Waals surface area contributed by atoms with Crippen molar-refractivity contribution in [1.29, 1.82) is 0 Å². The SMILES string of the molecule is Cc1ccc2oc(N3CCC(NC(=O)CC4CS(=O)(=O)C4)CC3)nc2c1. The number of benzene rings is 1. The zero-order valence-electron chi connectivity index (χ0n) is 14.8. The summed E-state index contributed by atoms with van der Waals surface area (Å²) in [6.45, 7) is 3.57. The smallest absolute Gasteiger partial charge is 0.298 e. The second-order valence-corrected chi connectivity index (χ2v) is 9.60. The molecule has 7 nitrogen and oxygen atoms in total. The highest BCUT2D eigenvalue weighted by atomic mass is 32.2. The molecule has 8 heteroatoms. The van der Waals surface area contributed by atoms with Crippen molar-refractivity contribution in [3.63, 3.8) is 0 Å². The molecular formula is C18H23N3O4S. The number of aryl methyl sites for hydroxylation is 1. The molecule has 2 saturated heterocycles. The van der Waals surface area contributed by atoms with Gasteiger partial charge in [-0.15, -0.1) is 0 Å². The third-order valence-electron chi connectivity index (χ3n) is 5.12. The molecule has 26 heavy (non-hydrogen) atoms. The zero-order chi connectivity index (χ0) is 18.3. The normalized spacial score (nSPS) is 20.9. The van der Waals surface area contributed by atoms with Gasteiger partial charge < -0.3 is 14.6 Å². The molecule has 2 fully saturated rings. The molecule has 0 bridgehead atoms. The van der Waals surface area contributed by atoms with Crippen LogP contribution in [0.3, 0.4) is 0 Å². The summed E-state index contributed by atoms with van der Waals surface area (Å²) in [5.41, 5.74) is 2.81. The Hall–Kier alpha value is -2.09. The van der Waals surface area contributed by atoms with E-state index < -0.39 is 9.84 Å². The maximum Gasteiger partial charge on any atom is 0.298 e. The molecule has 1 aromatic carbocycles. The fourth-order valence-corrected chi connectivity index (χ4v) is 5.29. The van der Waals surface area contributed by atoms with Gasteiger partial charge in [-0.2, -0.15) is 4.98 Å². The van der Waals surface area contributed by atoms with Gasteiger partial charge in [-0.1, -0.05) is 6.07 Å². The first-order valence-corrected chi connectivity index (χ1v) is 10.8. The Bertz CT molecular complexity index is 917. The lowest BCUT2D eigenvalue weighted by Gasteiger charge is -2.32. The topological polar surface area (TPSA) is 92.5 Å². The lowest BCUT2D eigenvalue weighted by Crippen LogP contribution is -2.46. The minimum Gasteiger partial charge on any atom is -0.423 e. The second-order valence-electron chi connectivity index (χ2n) is 7.44. The first-order valence-electron chi connectivity index (χ1n) is 9.00. The summed E-state index contributed by atoms with van der Waals surface area (Å²) >= 11 is 0. The van der Waals surface area contributed by atoms with E-state index in [-0.39, 0.29) is 29.4 Å². The van der Waals surface area contributed by atoms with Crippen LogP contribution in [0.5, 0.6) is 0 Å². The van der Waals surface area contributed by atoms with Crippen molar-refractivity contribution in [2.24, 2.45) is 5.92 Å². The standard InChI is InChI=1S/C18H23N3O4S/c1-12-2-3-16-15(8-12)20-18(25-16)21-6-4-14(5-7-21)19-17(22)9-13-10-26(23,24)11-13/h2-3,8,13-14H,4-7,9-11H2,1H3,(H,19,22). The molecule has 2 aromatic rings. The van der Waals surface area contributed by atoms with Gasteiger partial charge >= 0.3 is 0 Å². The fraction of sp³-hybridized carbons (Fsp3) is 0.556. The third-order valence-corrected chi connectivity index (χ3v) is 7.07. The number of anilines is 1. The average Bonchev–Trinajstić information content (AvgIpc) is 2.96. The number of amides is 1. The van der Waals surface area contributed by atoms with E-state index in [0.29, 0.717) is 12.4 Å². The maximum atomic E-state index is 12.1. The average molecular weight is 377 g/mol. The van der Waals surface area contributed by atoms with Crippen molar-refractivity contribution in [1.82, 2.24) is 10.3 Å². The molecule has 0 atom stereocenters. The van der Waals surface area contributed by atoms with E-state index in [4.69, 9.17) is 4.42 Å². The van der Waals surface area contributed by atoms with Crippen LogP contribution < -0.4 is 10.2 Å². The monoisotopic (exact) mass is 377 g/mol. The molecule has 140 valence electrons. The van der Waals surface area contributed by atoms with Gasteiger partial charge in [0.25, 0.3) is 6.01 Å². The van der Waals surface area contributed by atoms with Gasteiger partial charge in [-0.3, -0.25) is 4.79 Å². The number of sulfone groups is 1. The molecule has 1 N–H and O–H groups in total. The Labute approximate surface area is 152 Å². The molecule has 1 amide bonds. The first kappa shape index (κ1) is 17.3. The minimum atomic E-state index is -2.87. The summed E-state index contributed by atoms with van der Waals surface area (Å²) in [5, 5.41) is 3.04. The highest BCUT2D eigenvalue weighted by molar-refractivity contribution is 7.92. The van der Waals surface area contributed by atoms with Crippen molar-refractivity contribution in [2.45, 2.75) is 32.2 Å². The van der Waals surface area contributed by atoms with Gasteiger partial charge in [0.15, 0.2) is 15.4 Å². The highest BCUT2D eigenvalue weighted by Crippen LogP contribution is 2.26. The van der Waals surface area contributed by atoms with E-state index in [1.165, 1.54) is 0 Å². The Morgan fingerprint density at radius 1 is 1.31 bits per heavy atom. The fourth-order valence-electron chi connectivity index (χ4n) is 3.71. The predicted molar refractivity (Wildman–Crippen MR) is 98.9 cm³/mol. The molecule has 2 aliphatic heterocycles. The zero-order valence-corrected chi connectivity index (χ0v) is 15.6. The Morgan fingerprint density at radius 2 is 2.04 bits per heavy atom. The summed E-state index contributed by atoms with van der Waals surface area (Å²) in [5.74, 6) is 0.246. The highest BCUT2D eigenvalue weighted by Gasteiger charge is 2.35. The quantitative estimate of drug-likeness (QED) is 0.871. The Morgan fingerprint density at radius 3 is 2.73 bits per heavy atom. The largest absolute Gasteiger partial charge is 0.423 e. The van der Waals surface area contributed by atoms with E-state index in [2.05, 4.69) is 15.2 Å². The molecule has 3 heterocycles. The van der Waals surface area contributed by atoms with E-state index in [9.17, 15) is 13.2 Å². The Balaban J connectivity index is 1.28. The van der Waals surface area contributed by atoms with Crippen molar-refractivity contribution < 1.29 is 17.6 Å². The third kappa shape index (κ3) is 3.70. The number of piperidine rings is 1. The summed E-state index contributed by atoms with van der Waals surface area (Å²) < 4.78 is 28.2. The number of nitrogens with zero attached hydrogens (tertiary/aromatic N) is 2. The van der Waals surface area contributed by atoms with Crippen molar-refractivity contribution in [3.05, 3.63) is 23.8 Å². The van der Waals surface area contributed by atoms with E-state index in [0.717, 1.165) is 42.6 Å². The van der Waals surface area contributed by atoms with Gasteiger partial charge in [0.1, 0.15) is 5.52 Å². The number of nitrogens with one attached hydrogen (secondary N) is 1. The molecular weight excluding hydrogens is 354 g/mol. The maximum absolute atomic E-state index is 12.1. The summed E-state index contributed by atoms with van der Waals surface area (Å²) in [6, 6.07) is 6.72. The summed E-state index contributed by atoms with van der Waals surface area (Å²) in [4.78, 5) is 18.8. The van der Waals surface area contributed by atoms with Crippen LogP contribution in [0, 0.1) is 12.8 Å². The van der Waals surface area contributed by atoms with E-state index in [1.54, 1.807) is 0 Å². The number of carbonyl (C=O) groups excluding carboxylic acids is 1. The van der Waals surface area contributed by atoms with Gasteiger partial charge in [0.2, 0.25) is 5.91 Å². The van der Waals surface area contributed by atoms with Crippen LogP contribution in [0.2, 0.25) is 0 Å². The molecule has 0 saturated carbocycles. The number of fused-ring (bicyclic) bond motifs is 1. The summed E-state index contributed by atoms with van der Waals surface area (Å²) in [6.07, 6.45) is 1.96. The summed E-state index contributed by atoms with van der Waals surface area (Å²) in [7, 11) is -2.87. The van der Waals surface area contributed by atoms with Crippen molar-refractivity contribution >= 4 is 32.9 Å². The van der Waals surface area contributed by atoms with Crippen LogP contribution in [-0.2, 0) is 14.6 Å². The number of aromatic nitrogens is 1. The molecule has 0 aliphatic carbocycles. The molecule has 4 rings (SSSR count). The van der Waals surface area contributed by atoms with E-state index in [1.807, 2.05) is 25.1 Å². The van der Waals surface area contributed by atoms with Gasteiger partial charge in [0.05, 0.1) is 11.5 Å². The molecule has 0 spiro atoms. The first-order chi connectivity index (χ1) is 12.4. The Kier molecular flexibility index (Phi) is 4.38. The number of rotatable bonds is 4. The second kappa shape index (κ2) is 6.57. The van der Waals surface area contributed by atoms with Gasteiger partial charge in [-0.05, 0) is 43.4 Å². The predicted octanol–water partition coefficient (Wildman–Crippen LogP) is 1.66. The molecule has 2 aliphatic rings. The molecule has 0 radical (unpaired) electrons. The van der Waals surface area contributed by atoms with Crippen LogP contribution in [-0.4, -0.2) is 49.9 Å². The van der Waals surface area contributed by atoms with Crippen molar-refractivity contribution in [2.75, 3.05) is 29.5 Å². The van der Waals surface area contributed by atoms with Gasteiger partial charge in [-0.25, -0.2) is 8.42 Å². The van der Waals surface area contributed by atoms with Crippen molar-refractivity contribution in [3.8, 4) is 0 Å². The molecule has 0 unspecified atom stereocenters. The number of hydrogen-bond acceptors (Lipinski definition) is 6. The van der Waals surface area contributed by atoms with E-state index >= 15 is 0 Å². The van der Waals surface area contributed by atoms with Crippen LogP contribution in [0.1, 0.15) is 24.8 Å². The van der Waals surface area contributed by atoms with Crippen LogP contribution in [0.15, 0.2) is 22.6 Å². The number of oxazole rings is 1.